The van der Waals surface area contributed by atoms with E-state index in [2.05, 4.69) is 6.92 Å². The van der Waals surface area contributed by atoms with Crippen LogP contribution < -0.4 is 0 Å². The van der Waals surface area contributed by atoms with Crippen molar-refractivity contribution in [2.45, 2.75) is 128 Å². The third-order valence-corrected chi connectivity index (χ3v) is 5.90. The molecule has 0 aromatic rings. The van der Waals surface area contributed by atoms with Crippen molar-refractivity contribution in [3.05, 3.63) is 0 Å². The highest BCUT2D eigenvalue weighted by Gasteiger charge is 2.43. The van der Waals surface area contributed by atoms with Gasteiger partial charge in [0.15, 0.2) is 6.29 Å². The summed E-state index contributed by atoms with van der Waals surface area (Å²) in [4.78, 5) is 0. The number of unbranched alkanes of at least 4 members (excludes halogenated alkanes) is 13. The van der Waals surface area contributed by atoms with Crippen LogP contribution in [-0.2, 0) is 14.2 Å². The molecule has 0 bridgehead atoms. The molecule has 0 unspecified atom stereocenters. The summed E-state index contributed by atoms with van der Waals surface area (Å²) in [6, 6.07) is 0. The Kier molecular flexibility index (Phi) is 17.8. The normalized spacial score (nSPS) is 24.7. The molecule has 0 saturated carbocycles. The van der Waals surface area contributed by atoms with E-state index in [1.807, 2.05) is 0 Å². The molecule has 1 fully saturated rings. The number of rotatable bonds is 21. The van der Waals surface area contributed by atoms with Gasteiger partial charge in [-0.15, -0.1) is 0 Å². The van der Waals surface area contributed by atoms with Gasteiger partial charge in [-0.25, -0.2) is 0 Å². The summed E-state index contributed by atoms with van der Waals surface area (Å²) in [7, 11) is 0. The van der Waals surface area contributed by atoms with Gasteiger partial charge in [0.05, 0.1) is 19.8 Å². The van der Waals surface area contributed by atoms with Gasteiger partial charge in [0, 0.05) is 6.61 Å². The molecule has 1 saturated heterocycles. The van der Waals surface area contributed by atoms with E-state index in [1.54, 1.807) is 0 Å². The van der Waals surface area contributed by atoms with Crippen LogP contribution in [0.2, 0.25) is 0 Å². The fraction of sp³-hybridized carbons (Fsp3) is 1.00. The van der Waals surface area contributed by atoms with E-state index >= 15 is 0 Å². The third kappa shape index (κ3) is 13.8. The van der Waals surface area contributed by atoms with Crippen LogP contribution in [0.1, 0.15) is 96.8 Å². The maximum Gasteiger partial charge on any atom is 0.186 e. The minimum Gasteiger partial charge on any atom is -0.394 e. The molecule has 0 spiro atoms. The second-order valence-electron chi connectivity index (χ2n) is 8.86. The van der Waals surface area contributed by atoms with Gasteiger partial charge in [-0.05, 0) is 6.42 Å². The highest BCUT2D eigenvalue weighted by atomic mass is 16.7. The summed E-state index contributed by atoms with van der Waals surface area (Å²) in [5, 5.41) is 38.4. The number of aliphatic hydroxyl groups is 4. The molecule has 0 aliphatic carbocycles. The Morgan fingerprint density at radius 2 is 1.26 bits per heavy atom. The van der Waals surface area contributed by atoms with Crippen LogP contribution >= 0.6 is 0 Å². The number of hydrogen-bond acceptors (Lipinski definition) is 7. The van der Waals surface area contributed by atoms with E-state index in [1.165, 1.54) is 77.0 Å². The molecule has 0 aromatic carbocycles. The topological polar surface area (TPSA) is 109 Å². The zero-order valence-electron chi connectivity index (χ0n) is 19.6. The monoisotopic (exact) mass is 448 g/mol. The van der Waals surface area contributed by atoms with Gasteiger partial charge in [-0.2, -0.15) is 0 Å². The Labute approximate surface area is 189 Å². The van der Waals surface area contributed by atoms with Crippen molar-refractivity contribution in [1.82, 2.24) is 0 Å². The van der Waals surface area contributed by atoms with Crippen LogP contribution in [0.4, 0.5) is 0 Å². The second kappa shape index (κ2) is 19.2. The van der Waals surface area contributed by atoms with Crippen LogP contribution in [0, 0.1) is 0 Å². The third-order valence-electron chi connectivity index (χ3n) is 5.90. The molecule has 0 amide bonds. The lowest BCUT2D eigenvalue weighted by atomic mass is 10.0. The molecule has 1 rings (SSSR count). The predicted molar refractivity (Wildman–Crippen MR) is 121 cm³/mol. The zero-order chi connectivity index (χ0) is 22.7. The largest absolute Gasteiger partial charge is 0.394 e. The van der Waals surface area contributed by atoms with E-state index in [9.17, 15) is 15.3 Å². The van der Waals surface area contributed by atoms with Crippen molar-refractivity contribution in [3.63, 3.8) is 0 Å². The number of ether oxygens (including phenoxy) is 3. The highest BCUT2D eigenvalue weighted by Crippen LogP contribution is 2.22. The van der Waals surface area contributed by atoms with Crippen molar-refractivity contribution >= 4 is 0 Å². The van der Waals surface area contributed by atoms with Gasteiger partial charge < -0.3 is 34.6 Å². The Morgan fingerprint density at radius 1 is 0.742 bits per heavy atom. The molecule has 31 heavy (non-hydrogen) atoms. The van der Waals surface area contributed by atoms with E-state index in [4.69, 9.17) is 19.3 Å². The average molecular weight is 449 g/mol. The Morgan fingerprint density at radius 3 is 1.74 bits per heavy atom. The predicted octanol–water partition coefficient (Wildman–Crippen LogP) is 3.30. The first-order chi connectivity index (χ1) is 15.1. The summed E-state index contributed by atoms with van der Waals surface area (Å²) < 4.78 is 16.0. The first-order valence-corrected chi connectivity index (χ1v) is 12.6. The number of aliphatic hydroxyl groups excluding tert-OH is 4. The molecule has 1 heterocycles. The molecule has 0 radical (unpaired) electrons. The standard InChI is InChI=1S/C24H48O7/c1-2-3-4-5-6-7-8-9-10-11-12-13-14-15-16-29-18-20(26)19-30-24-23(28)22(27)21(17-25)31-24/h20-28H,2-19H2,1H3/t20-,21+,22-,23-,24+/m0/s1. The molecule has 5 atom stereocenters. The van der Waals surface area contributed by atoms with Crippen molar-refractivity contribution in [3.8, 4) is 0 Å². The van der Waals surface area contributed by atoms with E-state index in [-0.39, 0.29) is 13.2 Å². The molecule has 1 aliphatic rings. The van der Waals surface area contributed by atoms with Crippen molar-refractivity contribution < 1.29 is 34.6 Å². The molecule has 4 N–H and O–H groups in total. The zero-order valence-corrected chi connectivity index (χ0v) is 19.6. The fourth-order valence-electron chi connectivity index (χ4n) is 3.88. The lowest BCUT2D eigenvalue weighted by Gasteiger charge is -2.18. The van der Waals surface area contributed by atoms with Gasteiger partial charge >= 0.3 is 0 Å². The van der Waals surface area contributed by atoms with Gasteiger partial charge in [0.1, 0.15) is 24.4 Å². The molecule has 7 nitrogen and oxygen atoms in total. The summed E-state index contributed by atoms with van der Waals surface area (Å²) in [6.07, 6.45) is 13.3. The average Bonchev–Trinajstić information content (AvgIpc) is 3.05. The van der Waals surface area contributed by atoms with Gasteiger partial charge in [0.2, 0.25) is 0 Å². The van der Waals surface area contributed by atoms with Gasteiger partial charge in [0.25, 0.3) is 0 Å². The lowest BCUT2D eigenvalue weighted by molar-refractivity contribution is -0.184. The maximum absolute atomic E-state index is 9.90. The van der Waals surface area contributed by atoms with Crippen LogP contribution in [0.25, 0.3) is 0 Å². The van der Waals surface area contributed by atoms with Crippen LogP contribution in [0.15, 0.2) is 0 Å². The first-order valence-electron chi connectivity index (χ1n) is 12.6. The molecular formula is C24H48O7. The minimum atomic E-state index is -1.24. The Balaban J connectivity index is 1.82. The summed E-state index contributed by atoms with van der Waals surface area (Å²) >= 11 is 0. The van der Waals surface area contributed by atoms with Gasteiger partial charge in [-0.1, -0.05) is 90.4 Å². The van der Waals surface area contributed by atoms with Crippen LogP contribution in [0.5, 0.6) is 0 Å². The lowest BCUT2D eigenvalue weighted by Crippen LogP contribution is -2.36. The van der Waals surface area contributed by atoms with Crippen molar-refractivity contribution in [2.75, 3.05) is 26.4 Å². The van der Waals surface area contributed by atoms with Gasteiger partial charge in [-0.3, -0.25) is 0 Å². The summed E-state index contributed by atoms with van der Waals surface area (Å²) in [5.41, 5.74) is 0. The van der Waals surface area contributed by atoms with Crippen molar-refractivity contribution in [2.24, 2.45) is 0 Å². The molecule has 7 heteroatoms. The van der Waals surface area contributed by atoms with Crippen LogP contribution in [0.3, 0.4) is 0 Å². The Hall–Kier alpha value is -0.280. The van der Waals surface area contributed by atoms with E-state index in [0.717, 1.165) is 12.8 Å². The van der Waals surface area contributed by atoms with Crippen molar-refractivity contribution in [1.29, 1.82) is 0 Å². The van der Waals surface area contributed by atoms with Crippen LogP contribution in [-0.4, -0.2) is 77.6 Å². The number of hydrogen-bond donors (Lipinski definition) is 4. The first kappa shape index (κ1) is 28.8. The SMILES string of the molecule is CCCCCCCCCCCCCCCCOC[C@H](O)CO[C@@H]1O[C@H](CO)[C@H](O)[C@@H]1O. The smallest absolute Gasteiger partial charge is 0.186 e. The quantitative estimate of drug-likeness (QED) is 0.200. The van der Waals surface area contributed by atoms with E-state index in [0.29, 0.717) is 6.61 Å². The molecule has 0 aromatic heterocycles. The maximum atomic E-state index is 9.90. The Bertz CT molecular complexity index is 396. The van der Waals surface area contributed by atoms with E-state index < -0.39 is 37.3 Å². The fourth-order valence-corrected chi connectivity index (χ4v) is 3.88. The highest BCUT2D eigenvalue weighted by molar-refractivity contribution is 4.86. The molecule has 186 valence electrons. The minimum absolute atomic E-state index is 0.0642. The molecular weight excluding hydrogens is 400 g/mol. The molecule has 1 aliphatic heterocycles. The summed E-state index contributed by atoms with van der Waals surface area (Å²) in [6.45, 7) is 2.57. The summed E-state index contributed by atoms with van der Waals surface area (Å²) in [5.74, 6) is 0. The second-order valence-corrected chi connectivity index (χ2v) is 8.86.